The molecule has 35 heavy (non-hydrogen) atoms. The van der Waals surface area contributed by atoms with Crippen molar-refractivity contribution in [3.8, 4) is 17.2 Å². The first-order valence-corrected chi connectivity index (χ1v) is 12.3. The van der Waals surface area contributed by atoms with Gasteiger partial charge in [-0.3, -0.25) is 9.78 Å². The van der Waals surface area contributed by atoms with E-state index in [-0.39, 0.29) is 24.0 Å². The first-order chi connectivity index (χ1) is 16.4. The van der Waals surface area contributed by atoms with Crippen molar-refractivity contribution in [1.29, 1.82) is 5.26 Å². The number of sulfone groups is 1. The highest BCUT2D eigenvalue weighted by atomic mass is 32.2. The molecule has 2 fully saturated rings. The standard InChI is InChI=1S/C23H21F4N3O4S/c1-34-19-9-16(8-17(19)21(31)30-22(12-28)4-5-22)35(32,33)20-3-2-13(7-18(20)23(25,26)27)14-6-15(24)11-29-10-14/h2-3,6-7,10-11,16-17,19H,4-5,8-9H2,1H3,(H,30,31)/t16?,17-,19?/m1/s1. The van der Waals surface area contributed by atoms with Crippen LogP contribution >= 0.6 is 0 Å². The van der Waals surface area contributed by atoms with Crippen LogP contribution < -0.4 is 5.32 Å². The Morgan fingerprint density at radius 3 is 2.49 bits per heavy atom. The molecule has 2 aliphatic rings. The van der Waals surface area contributed by atoms with Crippen LogP contribution in [-0.4, -0.2) is 43.3 Å². The number of nitriles is 1. The van der Waals surface area contributed by atoms with Gasteiger partial charge in [-0.2, -0.15) is 18.4 Å². The van der Waals surface area contributed by atoms with Crippen LogP contribution in [0.15, 0.2) is 41.6 Å². The summed E-state index contributed by atoms with van der Waals surface area (Å²) in [6, 6.07) is 5.67. The number of amides is 1. The van der Waals surface area contributed by atoms with Gasteiger partial charge >= 0.3 is 6.18 Å². The minimum absolute atomic E-state index is 0.0482. The van der Waals surface area contributed by atoms with Crippen LogP contribution in [0, 0.1) is 23.1 Å². The summed E-state index contributed by atoms with van der Waals surface area (Å²) in [5.41, 5.74) is -2.35. The summed E-state index contributed by atoms with van der Waals surface area (Å²) in [5, 5.41) is 10.5. The minimum Gasteiger partial charge on any atom is -0.381 e. The molecule has 3 atom stereocenters. The van der Waals surface area contributed by atoms with E-state index in [1.165, 1.54) is 13.3 Å². The van der Waals surface area contributed by atoms with Gasteiger partial charge < -0.3 is 10.1 Å². The fraction of sp³-hybridized carbons (Fsp3) is 0.435. The van der Waals surface area contributed by atoms with E-state index >= 15 is 0 Å². The Kier molecular flexibility index (Phi) is 6.36. The first kappa shape index (κ1) is 25.1. The molecule has 1 aromatic carbocycles. The predicted octanol–water partition coefficient (Wildman–Crippen LogP) is 3.65. The summed E-state index contributed by atoms with van der Waals surface area (Å²) >= 11 is 0. The third-order valence-electron chi connectivity index (χ3n) is 6.50. The molecule has 1 aromatic heterocycles. The van der Waals surface area contributed by atoms with Crippen LogP contribution in [0.3, 0.4) is 0 Å². The second kappa shape index (κ2) is 8.87. The summed E-state index contributed by atoms with van der Waals surface area (Å²) < 4.78 is 87.4. The maximum atomic E-state index is 13.9. The van der Waals surface area contributed by atoms with E-state index in [0.29, 0.717) is 18.9 Å². The Hall–Kier alpha value is -3.04. The lowest BCUT2D eigenvalue weighted by Gasteiger charge is -2.19. The smallest absolute Gasteiger partial charge is 0.381 e. The van der Waals surface area contributed by atoms with Crippen LogP contribution in [0.5, 0.6) is 0 Å². The van der Waals surface area contributed by atoms with Crippen LogP contribution in [0.2, 0.25) is 0 Å². The van der Waals surface area contributed by atoms with E-state index in [2.05, 4.69) is 10.3 Å². The zero-order chi connectivity index (χ0) is 25.6. The summed E-state index contributed by atoms with van der Waals surface area (Å²) in [5.74, 6) is -2.24. The number of hydrogen-bond donors (Lipinski definition) is 1. The van der Waals surface area contributed by atoms with Crippen molar-refractivity contribution >= 4 is 15.7 Å². The molecule has 2 aromatic rings. The normalized spacial score (nSPS) is 23.5. The van der Waals surface area contributed by atoms with Crippen molar-refractivity contribution in [2.45, 2.75) is 53.6 Å². The quantitative estimate of drug-likeness (QED) is 0.593. The van der Waals surface area contributed by atoms with Gasteiger partial charge in [0.1, 0.15) is 11.4 Å². The summed E-state index contributed by atoms with van der Waals surface area (Å²) in [6.45, 7) is 0. The Morgan fingerprint density at radius 1 is 1.20 bits per heavy atom. The number of ether oxygens (including phenoxy) is 1. The molecule has 0 radical (unpaired) electrons. The van der Waals surface area contributed by atoms with Gasteiger partial charge in [-0.05, 0) is 49.4 Å². The highest BCUT2D eigenvalue weighted by Crippen LogP contribution is 2.43. The molecular weight excluding hydrogens is 490 g/mol. The van der Waals surface area contributed by atoms with Crippen molar-refractivity contribution < 1.29 is 35.5 Å². The van der Waals surface area contributed by atoms with E-state index in [1.54, 1.807) is 0 Å². The second-order valence-corrected chi connectivity index (χ2v) is 11.0. The number of halogens is 4. The van der Waals surface area contributed by atoms with E-state index < -0.39 is 61.0 Å². The number of nitrogens with zero attached hydrogens (tertiary/aromatic N) is 2. The molecule has 2 saturated carbocycles. The Morgan fingerprint density at radius 2 is 1.91 bits per heavy atom. The van der Waals surface area contributed by atoms with Gasteiger partial charge in [0.2, 0.25) is 5.91 Å². The number of rotatable bonds is 6. The lowest BCUT2D eigenvalue weighted by atomic mass is 10.0. The fourth-order valence-electron chi connectivity index (χ4n) is 4.39. The Bertz CT molecular complexity index is 1300. The van der Waals surface area contributed by atoms with Crippen LogP contribution in [0.4, 0.5) is 17.6 Å². The van der Waals surface area contributed by atoms with Crippen molar-refractivity contribution in [2.75, 3.05) is 7.11 Å². The van der Waals surface area contributed by atoms with Crippen molar-refractivity contribution in [2.24, 2.45) is 5.92 Å². The minimum atomic E-state index is -5.01. The summed E-state index contributed by atoms with van der Waals surface area (Å²) in [7, 11) is -3.25. The molecule has 0 aliphatic heterocycles. The monoisotopic (exact) mass is 511 g/mol. The molecule has 0 spiro atoms. The number of carbonyl (C=O) groups excluding carboxylic acids is 1. The summed E-state index contributed by atoms with van der Waals surface area (Å²) in [6.07, 6.45) is -3.26. The molecule has 4 rings (SSSR count). The van der Waals surface area contributed by atoms with Crippen molar-refractivity contribution in [3.63, 3.8) is 0 Å². The van der Waals surface area contributed by atoms with E-state index in [4.69, 9.17) is 4.74 Å². The molecule has 7 nitrogen and oxygen atoms in total. The van der Waals surface area contributed by atoms with Gasteiger partial charge in [0.15, 0.2) is 9.84 Å². The zero-order valence-corrected chi connectivity index (χ0v) is 19.3. The number of alkyl halides is 3. The SMILES string of the molecule is COC1CC(S(=O)(=O)c2ccc(-c3cncc(F)c3)cc2C(F)(F)F)C[C@H]1C(=O)NC1(C#N)CC1. The van der Waals surface area contributed by atoms with Crippen LogP contribution in [0.25, 0.3) is 11.1 Å². The predicted molar refractivity (Wildman–Crippen MR) is 115 cm³/mol. The molecule has 2 unspecified atom stereocenters. The molecule has 12 heteroatoms. The topological polar surface area (TPSA) is 109 Å². The number of carbonyl (C=O) groups is 1. The second-order valence-electron chi connectivity index (χ2n) is 8.80. The third kappa shape index (κ3) is 4.88. The molecule has 0 saturated heterocycles. The maximum absolute atomic E-state index is 13.9. The van der Waals surface area contributed by atoms with E-state index in [9.17, 15) is 36.0 Å². The molecule has 1 N–H and O–H groups in total. The number of pyridine rings is 1. The van der Waals surface area contributed by atoms with Crippen molar-refractivity contribution in [1.82, 2.24) is 10.3 Å². The molecule has 1 heterocycles. The molecular formula is C23H21F4N3O4S. The highest BCUT2D eigenvalue weighted by Gasteiger charge is 2.51. The van der Waals surface area contributed by atoms with Gasteiger partial charge in [0, 0.05) is 18.9 Å². The van der Waals surface area contributed by atoms with Gasteiger partial charge in [-0.15, -0.1) is 0 Å². The molecule has 186 valence electrons. The zero-order valence-electron chi connectivity index (χ0n) is 18.5. The third-order valence-corrected chi connectivity index (χ3v) is 8.73. The lowest BCUT2D eigenvalue weighted by Crippen LogP contribution is -2.42. The maximum Gasteiger partial charge on any atom is 0.417 e. The fourth-order valence-corrected chi connectivity index (χ4v) is 6.39. The number of hydrogen-bond acceptors (Lipinski definition) is 6. The van der Waals surface area contributed by atoms with E-state index in [1.807, 2.05) is 6.07 Å². The summed E-state index contributed by atoms with van der Waals surface area (Å²) in [4.78, 5) is 15.4. The van der Waals surface area contributed by atoms with Crippen LogP contribution in [0.1, 0.15) is 31.2 Å². The average molecular weight is 511 g/mol. The van der Waals surface area contributed by atoms with Gasteiger partial charge in [-0.1, -0.05) is 6.07 Å². The number of aromatic nitrogens is 1. The highest BCUT2D eigenvalue weighted by molar-refractivity contribution is 7.92. The number of methoxy groups -OCH3 is 1. The van der Waals surface area contributed by atoms with Gasteiger partial charge in [0.05, 0.1) is 40.0 Å². The molecule has 2 aliphatic carbocycles. The van der Waals surface area contributed by atoms with Crippen LogP contribution in [-0.2, 0) is 25.5 Å². The first-order valence-electron chi connectivity index (χ1n) is 10.7. The lowest BCUT2D eigenvalue weighted by molar-refractivity contribution is -0.139. The average Bonchev–Trinajstić information content (AvgIpc) is 3.43. The number of benzene rings is 1. The molecule has 0 bridgehead atoms. The molecule has 1 amide bonds. The van der Waals surface area contributed by atoms with Gasteiger partial charge in [0.25, 0.3) is 0 Å². The van der Waals surface area contributed by atoms with E-state index in [0.717, 1.165) is 24.4 Å². The number of nitrogens with one attached hydrogen (secondary N) is 1. The van der Waals surface area contributed by atoms with Gasteiger partial charge in [-0.25, -0.2) is 12.8 Å². The Labute approximate surface area is 199 Å². The van der Waals surface area contributed by atoms with Crippen molar-refractivity contribution in [3.05, 3.63) is 48.0 Å². The Balaban J connectivity index is 1.67. The largest absolute Gasteiger partial charge is 0.417 e.